The summed E-state index contributed by atoms with van der Waals surface area (Å²) in [6.45, 7) is 0. The van der Waals surface area contributed by atoms with Crippen LogP contribution in [0.3, 0.4) is 0 Å². The molecule has 0 aromatic carbocycles. The summed E-state index contributed by atoms with van der Waals surface area (Å²) < 4.78 is 0. The van der Waals surface area contributed by atoms with Gasteiger partial charge in [0.15, 0.2) is 17.4 Å². The summed E-state index contributed by atoms with van der Waals surface area (Å²) in [7, 11) is -4.61. The maximum atomic E-state index is 7.33. The van der Waals surface area contributed by atoms with Gasteiger partial charge in [-0.1, -0.05) is 0 Å². The van der Waals surface area contributed by atoms with E-state index in [9.17, 15) is 0 Å². The molecule has 0 aliphatic rings. The van der Waals surface area contributed by atoms with Gasteiger partial charge in [0, 0.05) is 0 Å². The van der Waals surface area contributed by atoms with Crippen molar-refractivity contribution in [1.82, 2.24) is 0 Å². The molecule has 0 spiro atoms. The molecule has 0 radical (unpaired) electrons. The van der Waals surface area contributed by atoms with Gasteiger partial charge in [-0.05, 0) is 0 Å². The van der Waals surface area contributed by atoms with E-state index in [0.717, 1.165) is 0 Å². The molecule has 0 saturated carbocycles. The minimum atomic E-state index is -4.61. The molecule has 0 aromatic rings. The van der Waals surface area contributed by atoms with Crippen LogP contribution in [0.1, 0.15) is 8.56 Å². The summed E-state index contributed by atoms with van der Waals surface area (Å²) in [5.74, 6) is 0. The second-order valence-electron chi connectivity index (χ2n) is 0.600. The predicted molar refractivity (Wildman–Crippen MR) is 42.7 cm³/mol. The van der Waals surface area contributed by atoms with Crippen molar-refractivity contribution in [1.29, 1.82) is 0 Å². The van der Waals surface area contributed by atoms with Gasteiger partial charge in [0.25, 0.3) is 0 Å². The van der Waals surface area contributed by atoms with Gasteiger partial charge in [-0.15, -0.1) is 0 Å². The minimum Gasteiger partial charge on any atom is -1.00 e. The third-order valence-electron chi connectivity index (χ3n) is 0. The van der Waals surface area contributed by atoms with Crippen LogP contribution >= 0.6 is 0 Å². The van der Waals surface area contributed by atoms with Crippen LogP contribution in [-0.2, 0) is 0 Å². The molecule has 0 rings (SSSR count). The molecule has 50 valence electrons. The summed E-state index contributed by atoms with van der Waals surface area (Å²) in [5, 5.41) is 0. The summed E-state index contributed by atoms with van der Waals surface area (Å²) in [5.41, 5.74) is 0. The standard InChI is InChI=1S/Al.Ba.Ca.K.Na.H4O4Si.9H/c;;;;;1-5(2,3)4;;;;;;;;;/h;;;;;1-4H;;;;;;;;;/q;2*+2;2*+1;;;;;6*-1. The molecule has 4 N–H and O–H groups in total. The fourth-order valence-electron chi connectivity index (χ4n) is 0. The Morgan fingerprint density at radius 3 is 1.00 bits per heavy atom. The van der Waals surface area contributed by atoms with Gasteiger partial charge in [0.2, 0.25) is 0 Å². The van der Waals surface area contributed by atoms with Gasteiger partial charge in [0.1, 0.15) is 0 Å². The molecule has 0 fully saturated rings. The molecule has 0 atom stereocenters. The van der Waals surface area contributed by atoms with Crippen molar-refractivity contribution in [3.8, 4) is 0 Å². The number of rotatable bonds is 0. The quantitative estimate of drug-likeness (QED) is 0.319. The normalized spacial score (nSPS) is 6.00. The molecule has 0 amide bonds. The molecule has 10 heavy (non-hydrogen) atoms. The summed E-state index contributed by atoms with van der Waals surface area (Å²) in [6, 6.07) is 0. The van der Waals surface area contributed by atoms with Crippen LogP contribution in [-0.4, -0.2) is 132 Å². The first-order chi connectivity index (χ1) is 2.00. The Hall–Kier alpha value is 6.06. The molecular formula is H13AlBaCaKNaO4Si. The van der Waals surface area contributed by atoms with E-state index in [1.165, 1.54) is 0 Å². The van der Waals surface area contributed by atoms with Gasteiger partial charge in [0.05, 0.1) is 0 Å². The zero-order valence-corrected chi connectivity index (χ0v) is 18.5. The van der Waals surface area contributed by atoms with Crippen LogP contribution in [0.5, 0.6) is 0 Å². The summed E-state index contributed by atoms with van der Waals surface area (Å²) in [4.78, 5) is 29.3. The second kappa shape index (κ2) is 20.5. The molecule has 10 heteroatoms. The van der Waals surface area contributed by atoms with E-state index in [0.29, 0.717) is 0 Å². The molecule has 0 unspecified atom stereocenters. The van der Waals surface area contributed by atoms with Gasteiger partial charge in [-0.25, -0.2) is 0 Å². The van der Waals surface area contributed by atoms with Crippen molar-refractivity contribution in [3.63, 3.8) is 0 Å². The van der Waals surface area contributed by atoms with Gasteiger partial charge >= 0.3 is 177 Å². The predicted octanol–water partition coefficient (Wildman–Crippen LogP) is -9.87. The Labute approximate surface area is 215 Å². The first-order valence-electron chi connectivity index (χ1n) is 0.894. The van der Waals surface area contributed by atoms with Gasteiger partial charge in [-0.3, -0.25) is 0 Å². The van der Waals surface area contributed by atoms with E-state index >= 15 is 0 Å². The van der Waals surface area contributed by atoms with Crippen molar-refractivity contribution in [2.75, 3.05) is 0 Å². The SMILES string of the molecule is O[Si](O)(O)O.[AlH3].[Ba+2].[Ca+2].[H-].[H-].[H-].[H-].[H-].[H-].[K+].[Na+]. The Bertz CT molecular complexity index is 56.0. The van der Waals surface area contributed by atoms with Crippen molar-refractivity contribution in [3.05, 3.63) is 0 Å². The molecular weight excluding hydrogens is 359 g/mol. The van der Waals surface area contributed by atoms with Gasteiger partial charge < -0.3 is 27.7 Å². The molecule has 0 saturated heterocycles. The van der Waals surface area contributed by atoms with Gasteiger partial charge in [-0.2, -0.15) is 0 Å². The van der Waals surface area contributed by atoms with Crippen molar-refractivity contribution in [2.24, 2.45) is 0 Å². The average Bonchev–Trinajstić information content (AvgIpc) is 0.722. The summed E-state index contributed by atoms with van der Waals surface area (Å²) in [6.07, 6.45) is 0. The molecule has 4 nitrogen and oxygen atoms in total. The van der Waals surface area contributed by atoms with Crippen molar-refractivity contribution >= 4 is 113 Å². The maximum absolute atomic E-state index is 7.33. The van der Waals surface area contributed by atoms with Crippen LogP contribution in [0.4, 0.5) is 0 Å². The Morgan fingerprint density at radius 2 is 1.00 bits per heavy atom. The van der Waals surface area contributed by atoms with E-state index in [-0.39, 0.29) is 193 Å². The Kier molecular flexibility index (Phi) is 73.7. The minimum absolute atomic E-state index is 0. The van der Waals surface area contributed by atoms with Crippen LogP contribution in [0.15, 0.2) is 0 Å². The average molecular weight is 372 g/mol. The van der Waals surface area contributed by atoms with E-state index < -0.39 is 9.05 Å². The molecule has 0 aliphatic heterocycles. The second-order valence-corrected chi connectivity index (χ2v) is 1.80. The van der Waals surface area contributed by atoms with Crippen molar-refractivity contribution < 1.29 is 109 Å². The Morgan fingerprint density at radius 1 is 1.00 bits per heavy atom. The van der Waals surface area contributed by atoms with Crippen LogP contribution in [0, 0.1) is 0 Å². The monoisotopic (exact) mass is 372 g/mol. The van der Waals surface area contributed by atoms with Crippen LogP contribution < -0.4 is 80.9 Å². The van der Waals surface area contributed by atoms with Crippen LogP contribution in [0.25, 0.3) is 0 Å². The first-order valence-corrected chi connectivity index (χ1v) is 2.68. The molecule has 0 aliphatic carbocycles. The smallest absolute Gasteiger partial charge is 1.00 e. The Balaban J connectivity index is -0.00000000145. The topological polar surface area (TPSA) is 80.9 Å². The fourth-order valence-corrected chi connectivity index (χ4v) is 0. The van der Waals surface area contributed by atoms with E-state index in [4.69, 9.17) is 19.2 Å². The zero-order valence-electron chi connectivity index (χ0n) is 11.7. The molecule has 0 bridgehead atoms. The maximum Gasteiger partial charge on any atom is 2.00 e. The molecule has 0 heterocycles. The largest absolute Gasteiger partial charge is 2.00 e. The van der Waals surface area contributed by atoms with E-state index in [1.54, 1.807) is 0 Å². The number of hydrogen-bond acceptors (Lipinski definition) is 4. The van der Waals surface area contributed by atoms with Crippen molar-refractivity contribution in [2.45, 2.75) is 0 Å². The van der Waals surface area contributed by atoms with E-state index in [1.807, 2.05) is 0 Å². The summed E-state index contributed by atoms with van der Waals surface area (Å²) >= 11 is 0. The third-order valence-corrected chi connectivity index (χ3v) is 0. The van der Waals surface area contributed by atoms with E-state index in [2.05, 4.69) is 0 Å². The first kappa shape index (κ1) is 36.0. The fraction of sp³-hybridized carbons (Fsp3) is 0. The molecule has 0 aromatic heterocycles. The van der Waals surface area contributed by atoms with Crippen LogP contribution in [0.2, 0.25) is 0 Å². The number of hydrogen-bond donors (Lipinski definition) is 4. The third kappa shape index (κ3) is 65.3. The zero-order chi connectivity index (χ0) is 4.50.